The second-order valence-electron chi connectivity index (χ2n) is 3.68. The predicted octanol–water partition coefficient (Wildman–Crippen LogP) is 3.97. The van der Waals surface area contributed by atoms with E-state index in [-0.39, 0.29) is 11.5 Å². The van der Waals surface area contributed by atoms with E-state index < -0.39 is 5.97 Å². The number of carboxylic acid groups (broad SMARTS) is 1. The van der Waals surface area contributed by atoms with E-state index >= 15 is 0 Å². The highest BCUT2D eigenvalue weighted by molar-refractivity contribution is 7.28. The summed E-state index contributed by atoms with van der Waals surface area (Å²) < 4.78 is 2.14. The van der Waals surface area contributed by atoms with Gasteiger partial charge in [-0.1, -0.05) is 0 Å². The van der Waals surface area contributed by atoms with Gasteiger partial charge in [-0.05, 0) is 29.0 Å². The Labute approximate surface area is 119 Å². The van der Waals surface area contributed by atoms with Gasteiger partial charge in [0.15, 0.2) is 0 Å². The zero-order valence-corrected chi connectivity index (χ0v) is 11.8. The number of thiophene rings is 3. The van der Waals surface area contributed by atoms with Crippen molar-refractivity contribution < 1.29 is 14.7 Å². The summed E-state index contributed by atoms with van der Waals surface area (Å²) in [5.74, 6) is -1.30. The molecule has 0 radical (unpaired) electrons. The fourth-order valence-corrected chi connectivity index (χ4v) is 4.39. The SMILES string of the molecule is O=C(Nc1sccc1C(=O)O)c1cc2sccc2s1. The van der Waals surface area contributed by atoms with E-state index in [9.17, 15) is 9.59 Å². The van der Waals surface area contributed by atoms with Crippen molar-refractivity contribution in [1.29, 1.82) is 0 Å². The lowest BCUT2D eigenvalue weighted by Gasteiger charge is -2.01. The minimum atomic E-state index is -1.04. The van der Waals surface area contributed by atoms with Gasteiger partial charge in [-0.3, -0.25) is 4.79 Å². The van der Waals surface area contributed by atoms with E-state index in [1.807, 2.05) is 17.5 Å². The summed E-state index contributed by atoms with van der Waals surface area (Å²) >= 11 is 4.19. The fraction of sp³-hybridized carbons (Fsp3) is 0. The molecule has 7 heteroatoms. The molecule has 0 aromatic carbocycles. The topological polar surface area (TPSA) is 66.4 Å². The van der Waals surface area contributed by atoms with Gasteiger partial charge in [-0.2, -0.15) is 0 Å². The Kier molecular flexibility index (Phi) is 3.09. The number of hydrogen-bond acceptors (Lipinski definition) is 5. The lowest BCUT2D eigenvalue weighted by Crippen LogP contribution is -2.11. The number of aromatic carboxylic acids is 1. The van der Waals surface area contributed by atoms with Crippen molar-refractivity contribution in [3.05, 3.63) is 39.4 Å². The van der Waals surface area contributed by atoms with Crippen LogP contribution >= 0.6 is 34.0 Å². The first-order chi connectivity index (χ1) is 9.15. The maximum absolute atomic E-state index is 12.1. The molecule has 96 valence electrons. The van der Waals surface area contributed by atoms with Crippen LogP contribution in [-0.4, -0.2) is 17.0 Å². The Morgan fingerprint density at radius 1 is 1.11 bits per heavy atom. The number of fused-ring (bicyclic) bond motifs is 1. The molecule has 0 fully saturated rings. The molecule has 0 atom stereocenters. The van der Waals surface area contributed by atoms with E-state index in [4.69, 9.17) is 5.11 Å². The number of amides is 1. The third-order valence-electron chi connectivity index (χ3n) is 2.49. The van der Waals surface area contributed by atoms with Gasteiger partial charge in [0, 0.05) is 9.40 Å². The lowest BCUT2D eigenvalue weighted by atomic mass is 10.3. The molecule has 0 saturated carbocycles. The molecule has 0 aliphatic carbocycles. The average Bonchev–Trinajstić information content (AvgIpc) is 3.01. The van der Waals surface area contributed by atoms with Gasteiger partial charge in [0.05, 0.1) is 10.4 Å². The van der Waals surface area contributed by atoms with Crippen LogP contribution < -0.4 is 5.32 Å². The highest BCUT2D eigenvalue weighted by atomic mass is 32.1. The molecule has 0 spiro atoms. The van der Waals surface area contributed by atoms with Crippen molar-refractivity contribution in [3.8, 4) is 0 Å². The van der Waals surface area contributed by atoms with Crippen LogP contribution in [0.5, 0.6) is 0 Å². The molecule has 2 N–H and O–H groups in total. The number of hydrogen-bond donors (Lipinski definition) is 2. The maximum Gasteiger partial charge on any atom is 0.338 e. The number of anilines is 1. The Bertz CT molecular complexity index is 739. The van der Waals surface area contributed by atoms with Crippen LogP contribution in [0.25, 0.3) is 9.40 Å². The molecule has 0 unspecified atom stereocenters. The van der Waals surface area contributed by atoms with Crippen LogP contribution in [0.3, 0.4) is 0 Å². The number of carbonyl (C=O) groups excluding carboxylic acids is 1. The van der Waals surface area contributed by atoms with E-state index in [1.165, 1.54) is 28.7 Å². The molecule has 3 heterocycles. The second kappa shape index (κ2) is 4.76. The van der Waals surface area contributed by atoms with Gasteiger partial charge < -0.3 is 10.4 Å². The van der Waals surface area contributed by atoms with Crippen molar-refractivity contribution in [2.24, 2.45) is 0 Å². The monoisotopic (exact) mass is 309 g/mol. The molecule has 0 saturated heterocycles. The Balaban J connectivity index is 1.86. The second-order valence-corrected chi connectivity index (χ2v) is 6.63. The summed E-state index contributed by atoms with van der Waals surface area (Å²) in [6.45, 7) is 0. The molecule has 3 aromatic heterocycles. The van der Waals surface area contributed by atoms with E-state index in [0.29, 0.717) is 9.88 Å². The van der Waals surface area contributed by atoms with Crippen LogP contribution in [0.15, 0.2) is 29.0 Å². The van der Waals surface area contributed by atoms with Gasteiger partial charge in [-0.25, -0.2) is 4.79 Å². The number of rotatable bonds is 3. The lowest BCUT2D eigenvalue weighted by molar-refractivity contribution is 0.0698. The standard InChI is InChI=1S/C12H7NO3S3/c14-10(9-5-8-7(19-9)2-4-17-8)13-11-6(12(15)16)1-3-18-11/h1-5H,(H,13,14)(H,15,16). The van der Waals surface area contributed by atoms with Crippen molar-refractivity contribution in [2.45, 2.75) is 0 Å². The van der Waals surface area contributed by atoms with Gasteiger partial charge in [0.25, 0.3) is 5.91 Å². The van der Waals surface area contributed by atoms with E-state index in [1.54, 1.807) is 16.7 Å². The molecular weight excluding hydrogens is 302 g/mol. The van der Waals surface area contributed by atoms with Crippen molar-refractivity contribution in [2.75, 3.05) is 5.32 Å². The van der Waals surface area contributed by atoms with Crippen molar-refractivity contribution >= 4 is 60.3 Å². The highest BCUT2D eigenvalue weighted by Gasteiger charge is 2.16. The smallest absolute Gasteiger partial charge is 0.338 e. The zero-order chi connectivity index (χ0) is 13.4. The Morgan fingerprint density at radius 2 is 1.89 bits per heavy atom. The Morgan fingerprint density at radius 3 is 2.63 bits per heavy atom. The van der Waals surface area contributed by atoms with Crippen LogP contribution in [0.2, 0.25) is 0 Å². The summed E-state index contributed by atoms with van der Waals surface area (Å²) in [5.41, 5.74) is 0.122. The minimum Gasteiger partial charge on any atom is -0.478 e. The minimum absolute atomic E-state index is 0.122. The van der Waals surface area contributed by atoms with Gasteiger partial charge >= 0.3 is 5.97 Å². The summed E-state index contributed by atoms with van der Waals surface area (Å²) in [7, 11) is 0. The summed E-state index contributed by atoms with van der Waals surface area (Å²) in [4.78, 5) is 23.6. The third-order valence-corrected chi connectivity index (χ3v) is 5.41. The maximum atomic E-state index is 12.1. The van der Waals surface area contributed by atoms with E-state index in [2.05, 4.69) is 5.32 Å². The molecule has 3 aromatic rings. The van der Waals surface area contributed by atoms with Crippen LogP contribution in [0.4, 0.5) is 5.00 Å². The van der Waals surface area contributed by atoms with Gasteiger partial charge in [-0.15, -0.1) is 34.0 Å². The third kappa shape index (κ3) is 2.27. The van der Waals surface area contributed by atoms with E-state index in [0.717, 1.165) is 9.40 Å². The first-order valence-electron chi connectivity index (χ1n) is 5.24. The summed E-state index contributed by atoms with van der Waals surface area (Å²) in [6.07, 6.45) is 0. The molecule has 0 aliphatic heterocycles. The average molecular weight is 309 g/mol. The summed E-state index contributed by atoms with van der Waals surface area (Å²) in [5, 5.41) is 15.6. The van der Waals surface area contributed by atoms with Crippen molar-refractivity contribution in [1.82, 2.24) is 0 Å². The largest absolute Gasteiger partial charge is 0.478 e. The molecule has 1 amide bonds. The molecule has 0 bridgehead atoms. The number of carbonyl (C=O) groups is 2. The summed E-state index contributed by atoms with van der Waals surface area (Å²) in [6, 6.07) is 5.28. The number of nitrogens with one attached hydrogen (secondary N) is 1. The van der Waals surface area contributed by atoms with Crippen LogP contribution in [-0.2, 0) is 0 Å². The molecular formula is C12H7NO3S3. The van der Waals surface area contributed by atoms with Gasteiger partial charge in [0.1, 0.15) is 5.00 Å². The molecule has 4 nitrogen and oxygen atoms in total. The normalized spacial score (nSPS) is 10.7. The quantitative estimate of drug-likeness (QED) is 0.769. The molecule has 0 aliphatic rings. The molecule has 19 heavy (non-hydrogen) atoms. The van der Waals surface area contributed by atoms with Crippen LogP contribution in [0.1, 0.15) is 20.0 Å². The predicted molar refractivity (Wildman–Crippen MR) is 78.9 cm³/mol. The number of carboxylic acids is 1. The fourth-order valence-electron chi connectivity index (χ4n) is 1.62. The first-order valence-corrected chi connectivity index (χ1v) is 7.82. The molecule has 3 rings (SSSR count). The zero-order valence-electron chi connectivity index (χ0n) is 9.38. The van der Waals surface area contributed by atoms with Crippen molar-refractivity contribution in [3.63, 3.8) is 0 Å². The highest BCUT2D eigenvalue weighted by Crippen LogP contribution is 2.31. The first kappa shape index (κ1) is 12.3. The van der Waals surface area contributed by atoms with Crippen LogP contribution in [0, 0.1) is 0 Å². The van der Waals surface area contributed by atoms with Gasteiger partial charge in [0.2, 0.25) is 0 Å². The Hall–Kier alpha value is -1.70.